The van der Waals surface area contributed by atoms with Crippen molar-refractivity contribution in [2.75, 3.05) is 17.8 Å². The average molecular weight is 406 g/mol. The lowest BCUT2D eigenvalue weighted by Gasteiger charge is -2.31. The van der Waals surface area contributed by atoms with Gasteiger partial charge in [-0.2, -0.15) is 0 Å². The summed E-state index contributed by atoms with van der Waals surface area (Å²) >= 11 is 1.08. The van der Waals surface area contributed by atoms with Crippen LogP contribution in [0.1, 0.15) is 55.7 Å². The highest BCUT2D eigenvalue weighted by Gasteiger charge is 2.31. The van der Waals surface area contributed by atoms with E-state index in [0.29, 0.717) is 0 Å². The minimum atomic E-state index is -0.762. The van der Waals surface area contributed by atoms with Crippen LogP contribution >= 0.6 is 11.8 Å². The molecule has 0 bridgehead atoms. The van der Waals surface area contributed by atoms with E-state index >= 15 is 0 Å². The summed E-state index contributed by atoms with van der Waals surface area (Å²) in [5.41, 5.74) is 3.64. The van der Waals surface area contributed by atoms with E-state index in [1.54, 1.807) is 6.92 Å². The molecular formula is C22H31NO4S. The van der Waals surface area contributed by atoms with Gasteiger partial charge in [-0.3, -0.25) is 14.5 Å². The highest BCUT2D eigenvalue weighted by atomic mass is 32.2. The lowest BCUT2D eigenvalue weighted by atomic mass is 9.90. The van der Waals surface area contributed by atoms with Crippen LogP contribution in [0, 0.1) is 26.7 Å². The van der Waals surface area contributed by atoms with Crippen molar-refractivity contribution in [3.8, 4) is 0 Å². The minimum absolute atomic E-state index is 0.0312. The van der Waals surface area contributed by atoms with Crippen LogP contribution in [0.15, 0.2) is 12.1 Å². The third-order valence-corrected chi connectivity index (χ3v) is 6.63. The maximum absolute atomic E-state index is 13.2. The highest BCUT2D eigenvalue weighted by molar-refractivity contribution is 8.14. The first kappa shape index (κ1) is 22.5. The molecule has 1 fully saturated rings. The number of hydrogen-bond donors (Lipinski definition) is 0. The summed E-state index contributed by atoms with van der Waals surface area (Å²) < 4.78 is 4.89. The Bertz CT molecular complexity index is 740. The van der Waals surface area contributed by atoms with Crippen molar-refractivity contribution in [2.45, 2.75) is 65.8 Å². The van der Waals surface area contributed by atoms with Crippen molar-refractivity contribution in [3.63, 3.8) is 0 Å². The Morgan fingerprint density at radius 1 is 1.11 bits per heavy atom. The third-order valence-electron chi connectivity index (χ3n) is 5.62. The number of esters is 1. The Kier molecular flexibility index (Phi) is 8.10. The molecule has 154 valence electrons. The van der Waals surface area contributed by atoms with E-state index in [1.165, 1.54) is 18.4 Å². The number of hydrogen-bond acceptors (Lipinski definition) is 5. The van der Waals surface area contributed by atoms with Gasteiger partial charge < -0.3 is 4.74 Å². The van der Waals surface area contributed by atoms with Gasteiger partial charge in [-0.05, 0) is 57.2 Å². The molecule has 1 aromatic carbocycles. The largest absolute Gasteiger partial charge is 0.467 e. The van der Waals surface area contributed by atoms with Crippen LogP contribution in [0.4, 0.5) is 5.69 Å². The molecule has 0 heterocycles. The predicted molar refractivity (Wildman–Crippen MR) is 114 cm³/mol. The highest BCUT2D eigenvalue weighted by Crippen LogP contribution is 2.31. The van der Waals surface area contributed by atoms with E-state index in [1.807, 2.05) is 32.9 Å². The van der Waals surface area contributed by atoms with E-state index in [4.69, 9.17) is 4.74 Å². The molecule has 1 aromatic rings. The van der Waals surface area contributed by atoms with Crippen molar-refractivity contribution < 1.29 is 19.1 Å². The van der Waals surface area contributed by atoms with Crippen molar-refractivity contribution >= 4 is 34.4 Å². The number of rotatable bonds is 6. The quantitative estimate of drug-likeness (QED) is 0.659. The van der Waals surface area contributed by atoms with Gasteiger partial charge in [0.1, 0.15) is 6.04 Å². The maximum atomic E-state index is 13.2. The lowest BCUT2D eigenvalue weighted by Crippen LogP contribution is -2.46. The smallest absolute Gasteiger partial charge is 0.328 e. The average Bonchev–Trinajstić information content (AvgIpc) is 2.71. The van der Waals surface area contributed by atoms with Gasteiger partial charge in [-0.1, -0.05) is 43.2 Å². The Labute approximate surface area is 172 Å². The molecule has 0 saturated heterocycles. The van der Waals surface area contributed by atoms with Crippen LogP contribution < -0.4 is 4.90 Å². The van der Waals surface area contributed by atoms with E-state index in [0.717, 1.165) is 59.8 Å². The molecule has 1 saturated carbocycles. The standard InChI is InChI=1S/C22H31NO4S/c1-14-11-12-15(2)20(16(14)3)23(17(4)21(25)27-5)19(24)13-28-22(26)18-9-7-6-8-10-18/h11-12,17-18H,6-10,13H2,1-5H3/t17-/m0/s1. The first-order valence-corrected chi connectivity index (χ1v) is 10.9. The van der Waals surface area contributed by atoms with Crippen LogP contribution in [-0.4, -0.2) is 35.9 Å². The molecule has 1 aliphatic rings. The fourth-order valence-corrected chi connectivity index (χ4v) is 4.65. The number of methoxy groups -OCH3 is 1. The second-order valence-corrected chi connectivity index (χ2v) is 8.56. The van der Waals surface area contributed by atoms with Gasteiger partial charge in [0.2, 0.25) is 5.91 Å². The number of benzene rings is 1. The predicted octanol–water partition coefficient (Wildman–Crippen LogP) is 4.35. The molecule has 2 rings (SSSR count). The van der Waals surface area contributed by atoms with Gasteiger partial charge >= 0.3 is 5.97 Å². The Balaban J connectivity index is 2.24. The lowest BCUT2D eigenvalue weighted by molar-refractivity contribution is -0.142. The van der Waals surface area contributed by atoms with Crippen molar-refractivity contribution in [3.05, 3.63) is 28.8 Å². The Morgan fingerprint density at radius 2 is 1.71 bits per heavy atom. The number of anilines is 1. The molecule has 1 atom stereocenters. The van der Waals surface area contributed by atoms with Gasteiger partial charge in [-0.25, -0.2) is 4.79 Å². The molecule has 0 aromatic heterocycles. The second kappa shape index (κ2) is 10.1. The molecule has 0 spiro atoms. The summed E-state index contributed by atoms with van der Waals surface area (Å²) in [6, 6.07) is 3.19. The van der Waals surface area contributed by atoms with Crippen molar-refractivity contribution in [2.24, 2.45) is 5.92 Å². The van der Waals surface area contributed by atoms with Gasteiger partial charge in [-0.15, -0.1) is 0 Å². The van der Waals surface area contributed by atoms with Gasteiger partial charge in [0.05, 0.1) is 18.6 Å². The van der Waals surface area contributed by atoms with Gasteiger partial charge in [0.25, 0.3) is 0 Å². The van der Waals surface area contributed by atoms with E-state index in [9.17, 15) is 14.4 Å². The summed E-state index contributed by atoms with van der Waals surface area (Å²) in [6.07, 6.45) is 5.18. The van der Waals surface area contributed by atoms with Gasteiger partial charge in [0, 0.05) is 5.92 Å². The normalized spacial score (nSPS) is 15.8. The molecule has 0 radical (unpaired) electrons. The molecule has 1 aliphatic carbocycles. The van der Waals surface area contributed by atoms with E-state index in [-0.39, 0.29) is 22.7 Å². The van der Waals surface area contributed by atoms with Crippen LogP contribution in [0.25, 0.3) is 0 Å². The fourth-order valence-electron chi connectivity index (χ4n) is 3.78. The molecule has 5 nitrogen and oxygen atoms in total. The van der Waals surface area contributed by atoms with Crippen LogP contribution in [0.3, 0.4) is 0 Å². The van der Waals surface area contributed by atoms with Crippen LogP contribution in [0.2, 0.25) is 0 Å². The molecule has 0 aliphatic heterocycles. The van der Waals surface area contributed by atoms with Crippen molar-refractivity contribution in [1.82, 2.24) is 0 Å². The molecule has 0 unspecified atom stereocenters. The zero-order valence-electron chi connectivity index (χ0n) is 17.5. The van der Waals surface area contributed by atoms with Gasteiger partial charge in [0.15, 0.2) is 5.12 Å². The monoisotopic (exact) mass is 405 g/mol. The Morgan fingerprint density at radius 3 is 2.32 bits per heavy atom. The summed E-state index contributed by atoms with van der Waals surface area (Å²) in [4.78, 5) is 39.4. The molecule has 28 heavy (non-hydrogen) atoms. The zero-order chi connectivity index (χ0) is 20.8. The molecule has 1 amide bonds. The number of nitrogens with zero attached hydrogens (tertiary/aromatic N) is 1. The Hall–Kier alpha value is -1.82. The summed E-state index contributed by atoms with van der Waals surface area (Å²) in [7, 11) is 1.32. The molecule has 0 N–H and O–H groups in total. The third kappa shape index (κ3) is 5.16. The van der Waals surface area contributed by atoms with Crippen LogP contribution in [0.5, 0.6) is 0 Å². The number of amides is 1. The number of thioether (sulfide) groups is 1. The SMILES string of the molecule is COC(=O)[C@H](C)N(C(=O)CSC(=O)C1CCCCC1)c1c(C)ccc(C)c1C. The van der Waals surface area contributed by atoms with Crippen molar-refractivity contribution in [1.29, 1.82) is 0 Å². The maximum Gasteiger partial charge on any atom is 0.328 e. The number of aryl methyl sites for hydroxylation is 2. The first-order valence-electron chi connectivity index (χ1n) is 9.91. The molecule has 6 heteroatoms. The van der Waals surface area contributed by atoms with E-state index < -0.39 is 12.0 Å². The van der Waals surface area contributed by atoms with Crippen LogP contribution in [-0.2, 0) is 19.1 Å². The van der Waals surface area contributed by atoms with E-state index in [2.05, 4.69) is 0 Å². The topological polar surface area (TPSA) is 63.7 Å². The minimum Gasteiger partial charge on any atom is -0.467 e. The fraction of sp³-hybridized carbons (Fsp3) is 0.591. The number of carbonyl (C=O) groups excluding carboxylic acids is 3. The summed E-state index contributed by atoms with van der Waals surface area (Å²) in [5, 5.41) is 0.0939. The summed E-state index contributed by atoms with van der Waals surface area (Å²) in [5.74, 6) is -0.634. The summed E-state index contributed by atoms with van der Waals surface area (Å²) in [6.45, 7) is 7.51. The molecular weight excluding hydrogens is 374 g/mol. The zero-order valence-corrected chi connectivity index (χ0v) is 18.4. The number of carbonyl (C=O) groups is 3. The first-order chi connectivity index (χ1) is 13.3. The number of ether oxygens (including phenoxy) is 1. The second-order valence-electron chi connectivity index (χ2n) is 7.58.